The molecule has 0 aliphatic carbocycles. The van der Waals surface area contributed by atoms with Crippen LogP contribution in [0, 0.1) is 6.92 Å². The Morgan fingerprint density at radius 2 is 2.33 bits per heavy atom. The lowest BCUT2D eigenvalue weighted by molar-refractivity contribution is 0.189. The molecule has 2 atom stereocenters. The normalized spacial score (nSPS) is 19.3. The molecule has 0 bridgehead atoms. The number of hydrogen-bond acceptors (Lipinski definition) is 3. The average Bonchev–Trinajstić information content (AvgIpc) is 2.94. The molecule has 4 nitrogen and oxygen atoms in total. The smallest absolute Gasteiger partial charge is 0.319 e. The fraction of sp³-hybridized carbons (Fsp3) is 0.562. The fourth-order valence-electron chi connectivity index (χ4n) is 2.16. The highest BCUT2D eigenvalue weighted by atomic mass is 32.2. The van der Waals surface area contributed by atoms with Gasteiger partial charge in [0.15, 0.2) is 0 Å². The van der Waals surface area contributed by atoms with Gasteiger partial charge in [0.05, 0.1) is 12.6 Å². The Labute approximate surface area is 131 Å². The summed E-state index contributed by atoms with van der Waals surface area (Å²) in [6.45, 7) is 7.78. The van der Waals surface area contributed by atoms with Crippen LogP contribution in [-0.2, 0) is 4.74 Å². The summed E-state index contributed by atoms with van der Waals surface area (Å²) in [7, 11) is 0. The van der Waals surface area contributed by atoms with Crippen LogP contribution in [0.5, 0.6) is 0 Å². The molecule has 21 heavy (non-hydrogen) atoms. The summed E-state index contributed by atoms with van der Waals surface area (Å²) in [5.74, 6) is 0. The van der Waals surface area contributed by atoms with E-state index in [4.69, 9.17) is 4.74 Å². The Morgan fingerprint density at radius 3 is 2.95 bits per heavy atom. The van der Waals surface area contributed by atoms with E-state index in [1.54, 1.807) is 0 Å². The van der Waals surface area contributed by atoms with Crippen molar-refractivity contribution in [1.82, 2.24) is 5.32 Å². The minimum absolute atomic E-state index is 0.130. The number of amides is 2. The Hall–Kier alpha value is -1.20. The zero-order valence-corrected chi connectivity index (χ0v) is 13.8. The molecule has 1 aromatic carbocycles. The number of hydrogen-bond donors (Lipinski definition) is 2. The van der Waals surface area contributed by atoms with Crippen LogP contribution in [0.2, 0.25) is 0 Å². The Balaban J connectivity index is 1.92. The third-order valence-electron chi connectivity index (χ3n) is 3.62. The number of ether oxygens (including phenoxy) is 1. The molecular formula is C16H24N2O2S. The van der Waals surface area contributed by atoms with E-state index >= 15 is 0 Å². The second kappa shape index (κ2) is 7.71. The lowest BCUT2D eigenvalue weighted by Gasteiger charge is -2.15. The summed E-state index contributed by atoms with van der Waals surface area (Å²) in [4.78, 5) is 13.2. The first-order chi connectivity index (χ1) is 10.1. The fourth-order valence-corrected chi connectivity index (χ4v) is 3.18. The van der Waals surface area contributed by atoms with Gasteiger partial charge in [-0.2, -0.15) is 0 Å². The topological polar surface area (TPSA) is 50.4 Å². The van der Waals surface area contributed by atoms with E-state index in [-0.39, 0.29) is 12.1 Å². The molecule has 0 unspecified atom stereocenters. The highest BCUT2D eigenvalue weighted by Gasteiger charge is 2.18. The highest BCUT2D eigenvalue weighted by Crippen LogP contribution is 2.28. The van der Waals surface area contributed by atoms with Crippen molar-refractivity contribution in [2.45, 2.75) is 49.8 Å². The molecule has 1 aliphatic rings. The van der Waals surface area contributed by atoms with E-state index in [0.717, 1.165) is 30.7 Å². The predicted octanol–water partition coefficient (Wildman–Crippen LogP) is 3.80. The molecule has 5 heteroatoms. The number of nitrogens with one attached hydrogen (secondary N) is 2. The molecule has 2 amide bonds. The van der Waals surface area contributed by atoms with Crippen molar-refractivity contribution < 1.29 is 9.53 Å². The summed E-state index contributed by atoms with van der Waals surface area (Å²) in [6.07, 6.45) is 2.03. The molecule has 1 aromatic rings. The summed E-state index contributed by atoms with van der Waals surface area (Å²) in [5, 5.41) is 6.45. The van der Waals surface area contributed by atoms with Gasteiger partial charge in [-0.05, 0) is 43.5 Å². The molecule has 1 fully saturated rings. The first-order valence-corrected chi connectivity index (χ1v) is 8.39. The molecule has 2 N–H and O–H groups in total. The summed E-state index contributed by atoms with van der Waals surface area (Å²) in [5.41, 5.74) is 1.95. The number of carbonyl (C=O) groups is 1. The van der Waals surface area contributed by atoms with E-state index in [2.05, 4.69) is 36.6 Å². The number of carbonyl (C=O) groups excluding carboxylic acids is 1. The number of anilines is 1. The molecule has 1 saturated heterocycles. The van der Waals surface area contributed by atoms with Gasteiger partial charge in [0.1, 0.15) is 0 Å². The highest BCUT2D eigenvalue weighted by molar-refractivity contribution is 7.99. The SMILES string of the molecule is CC[C@H](C)Sc1ccc(NC(=O)N[C@@H]2CCOC2)c(C)c1. The number of aryl methyl sites for hydroxylation is 1. The van der Waals surface area contributed by atoms with Crippen LogP contribution in [-0.4, -0.2) is 30.5 Å². The van der Waals surface area contributed by atoms with E-state index in [1.807, 2.05) is 24.8 Å². The summed E-state index contributed by atoms with van der Waals surface area (Å²) >= 11 is 1.87. The largest absolute Gasteiger partial charge is 0.379 e. The molecular weight excluding hydrogens is 284 g/mol. The van der Waals surface area contributed by atoms with Crippen molar-refractivity contribution in [2.24, 2.45) is 0 Å². The maximum atomic E-state index is 11.9. The molecule has 0 saturated carbocycles. The number of benzene rings is 1. The van der Waals surface area contributed by atoms with E-state index in [0.29, 0.717) is 11.9 Å². The van der Waals surface area contributed by atoms with Gasteiger partial charge < -0.3 is 15.4 Å². The number of rotatable bonds is 5. The summed E-state index contributed by atoms with van der Waals surface area (Å²) in [6, 6.07) is 6.15. The minimum atomic E-state index is -0.157. The first kappa shape index (κ1) is 16.2. The van der Waals surface area contributed by atoms with Gasteiger partial charge in [-0.15, -0.1) is 11.8 Å². The van der Waals surface area contributed by atoms with Gasteiger partial charge >= 0.3 is 6.03 Å². The molecule has 2 rings (SSSR count). The molecule has 0 radical (unpaired) electrons. The second-order valence-corrected chi connectivity index (χ2v) is 6.98. The van der Waals surface area contributed by atoms with Crippen LogP contribution in [0.15, 0.2) is 23.1 Å². The third kappa shape index (κ3) is 4.93. The molecule has 0 spiro atoms. The van der Waals surface area contributed by atoms with Crippen molar-refractivity contribution >= 4 is 23.5 Å². The maximum absolute atomic E-state index is 11.9. The Morgan fingerprint density at radius 1 is 1.52 bits per heavy atom. The Bertz CT molecular complexity index is 487. The summed E-state index contributed by atoms with van der Waals surface area (Å²) < 4.78 is 5.25. The predicted molar refractivity (Wildman–Crippen MR) is 88.2 cm³/mol. The molecule has 1 aliphatic heterocycles. The van der Waals surface area contributed by atoms with Gasteiger partial charge in [-0.1, -0.05) is 13.8 Å². The van der Waals surface area contributed by atoms with Crippen molar-refractivity contribution in [3.63, 3.8) is 0 Å². The van der Waals surface area contributed by atoms with Crippen molar-refractivity contribution in [2.75, 3.05) is 18.5 Å². The number of urea groups is 1. The van der Waals surface area contributed by atoms with Gasteiger partial charge in [0, 0.05) is 22.4 Å². The maximum Gasteiger partial charge on any atom is 0.319 e. The van der Waals surface area contributed by atoms with Crippen LogP contribution in [0.25, 0.3) is 0 Å². The zero-order chi connectivity index (χ0) is 15.2. The van der Waals surface area contributed by atoms with Crippen LogP contribution in [0.4, 0.5) is 10.5 Å². The van der Waals surface area contributed by atoms with Crippen LogP contribution in [0.1, 0.15) is 32.3 Å². The zero-order valence-electron chi connectivity index (χ0n) is 12.9. The van der Waals surface area contributed by atoms with Gasteiger partial charge in [-0.3, -0.25) is 0 Å². The van der Waals surface area contributed by atoms with Crippen LogP contribution < -0.4 is 10.6 Å². The first-order valence-electron chi connectivity index (χ1n) is 7.51. The van der Waals surface area contributed by atoms with Gasteiger partial charge in [0.2, 0.25) is 0 Å². The van der Waals surface area contributed by atoms with E-state index in [1.165, 1.54) is 4.90 Å². The standard InChI is InChI=1S/C16H24N2O2S/c1-4-12(3)21-14-5-6-15(11(2)9-14)18-16(19)17-13-7-8-20-10-13/h5-6,9,12-13H,4,7-8,10H2,1-3H3,(H2,17,18,19)/t12-,13+/m0/s1. The van der Waals surface area contributed by atoms with Crippen LogP contribution in [0.3, 0.4) is 0 Å². The lowest BCUT2D eigenvalue weighted by Crippen LogP contribution is -2.38. The Kier molecular flexibility index (Phi) is 5.94. The van der Waals surface area contributed by atoms with Gasteiger partial charge in [-0.25, -0.2) is 4.79 Å². The van der Waals surface area contributed by atoms with Crippen molar-refractivity contribution in [3.05, 3.63) is 23.8 Å². The second-order valence-electron chi connectivity index (χ2n) is 5.47. The third-order valence-corrected chi connectivity index (χ3v) is 4.88. The van der Waals surface area contributed by atoms with Crippen molar-refractivity contribution in [1.29, 1.82) is 0 Å². The average molecular weight is 308 g/mol. The molecule has 1 heterocycles. The van der Waals surface area contributed by atoms with E-state index in [9.17, 15) is 4.79 Å². The van der Waals surface area contributed by atoms with E-state index < -0.39 is 0 Å². The molecule has 0 aromatic heterocycles. The monoisotopic (exact) mass is 308 g/mol. The van der Waals surface area contributed by atoms with Gasteiger partial charge in [0.25, 0.3) is 0 Å². The van der Waals surface area contributed by atoms with Crippen molar-refractivity contribution in [3.8, 4) is 0 Å². The lowest BCUT2D eigenvalue weighted by atomic mass is 10.2. The number of thioether (sulfide) groups is 1. The van der Waals surface area contributed by atoms with Crippen LogP contribution >= 0.6 is 11.8 Å². The quantitative estimate of drug-likeness (QED) is 0.814. The minimum Gasteiger partial charge on any atom is -0.379 e. The molecule has 116 valence electrons.